The Bertz CT molecular complexity index is 911. The number of ether oxygens (including phenoxy) is 1. The third-order valence-corrected chi connectivity index (χ3v) is 5.93. The van der Waals surface area contributed by atoms with Crippen LogP contribution >= 0.6 is 11.8 Å². The van der Waals surface area contributed by atoms with Crippen molar-refractivity contribution in [1.29, 1.82) is 0 Å². The summed E-state index contributed by atoms with van der Waals surface area (Å²) in [5.41, 5.74) is 3.16. The molecule has 1 amide bonds. The first-order valence-corrected chi connectivity index (χ1v) is 10.7. The number of nitrogens with zero attached hydrogens (tertiary/aromatic N) is 2. The van der Waals surface area contributed by atoms with Gasteiger partial charge in [-0.15, -0.1) is 0 Å². The van der Waals surface area contributed by atoms with Crippen LogP contribution in [0.2, 0.25) is 0 Å². The second-order valence-electron chi connectivity index (χ2n) is 6.95. The highest BCUT2D eigenvalue weighted by molar-refractivity contribution is 8.18. The maximum absolute atomic E-state index is 12.3. The van der Waals surface area contributed by atoms with E-state index in [0.717, 1.165) is 36.0 Å². The van der Waals surface area contributed by atoms with Crippen molar-refractivity contribution < 1.29 is 19.4 Å². The Morgan fingerprint density at radius 1 is 1.28 bits per heavy atom. The van der Waals surface area contributed by atoms with Crippen molar-refractivity contribution in [3.8, 4) is 0 Å². The maximum atomic E-state index is 12.3. The minimum absolute atomic E-state index is 0.0451. The minimum atomic E-state index is -0.676. The molecule has 2 aliphatic rings. The van der Waals surface area contributed by atoms with E-state index >= 15 is 0 Å². The van der Waals surface area contributed by atoms with E-state index in [2.05, 4.69) is 22.0 Å². The van der Waals surface area contributed by atoms with Crippen LogP contribution in [0.25, 0.3) is 6.08 Å². The number of aryl methyl sites for hydroxylation is 1. The van der Waals surface area contributed by atoms with Crippen LogP contribution in [0.15, 0.2) is 39.4 Å². The molecule has 2 aliphatic heterocycles. The third-order valence-electron chi connectivity index (χ3n) is 4.91. The standard InChI is InChI=1S/C22H26N2O4S/c1-4-18(25)23-21-19(22(27)28-5-2)20(26)17(29-21)13-15-8-9-16(12-14(15)3)24-10-6-7-11-24/h8-9,12-13,26H,4-7,10-11H2,1-3H3/b17-13-,23-21?. The van der Waals surface area contributed by atoms with Gasteiger partial charge < -0.3 is 14.7 Å². The van der Waals surface area contributed by atoms with Crippen LogP contribution in [0.1, 0.15) is 44.2 Å². The molecule has 29 heavy (non-hydrogen) atoms. The number of aliphatic imine (C=N–C) groups is 1. The van der Waals surface area contributed by atoms with Crippen molar-refractivity contribution in [2.45, 2.75) is 40.0 Å². The van der Waals surface area contributed by atoms with Gasteiger partial charge in [-0.25, -0.2) is 9.79 Å². The number of anilines is 1. The molecule has 1 aromatic rings. The van der Waals surface area contributed by atoms with Gasteiger partial charge in [0.25, 0.3) is 0 Å². The summed E-state index contributed by atoms with van der Waals surface area (Å²) in [5, 5.41) is 10.9. The van der Waals surface area contributed by atoms with Gasteiger partial charge in [0.05, 0.1) is 11.5 Å². The number of carbonyl (C=O) groups is 2. The average molecular weight is 415 g/mol. The van der Waals surface area contributed by atoms with Gasteiger partial charge in [0.15, 0.2) is 0 Å². The quantitative estimate of drug-likeness (QED) is 0.720. The highest BCUT2D eigenvalue weighted by Gasteiger charge is 2.33. The highest BCUT2D eigenvalue weighted by Crippen LogP contribution is 2.39. The summed E-state index contributed by atoms with van der Waals surface area (Å²) < 4.78 is 5.04. The molecule has 0 aromatic heterocycles. The normalized spacial score (nSPS) is 19.5. The third kappa shape index (κ3) is 4.72. The van der Waals surface area contributed by atoms with Gasteiger partial charge in [-0.3, -0.25) is 4.79 Å². The molecule has 0 spiro atoms. The molecule has 154 valence electrons. The largest absolute Gasteiger partial charge is 0.506 e. The maximum Gasteiger partial charge on any atom is 0.344 e. The van der Waals surface area contributed by atoms with Gasteiger partial charge in [-0.1, -0.05) is 24.8 Å². The smallest absolute Gasteiger partial charge is 0.344 e. The zero-order chi connectivity index (χ0) is 21.0. The molecule has 0 saturated carbocycles. The molecule has 0 bridgehead atoms. The predicted octanol–water partition coefficient (Wildman–Crippen LogP) is 4.39. The second-order valence-corrected chi connectivity index (χ2v) is 7.98. The number of aliphatic hydroxyl groups is 1. The van der Waals surface area contributed by atoms with Crippen LogP contribution in [-0.2, 0) is 14.3 Å². The number of hydrogen-bond acceptors (Lipinski definition) is 6. The summed E-state index contributed by atoms with van der Waals surface area (Å²) in [7, 11) is 0. The van der Waals surface area contributed by atoms with E-state index < -0.39 is 5.97 Å². The van der Waals surface area contributed by atoms with Crippen molar-refractivity contribution in [2.24, 2.45) is 4.99 Å². The Balaban J connectivity index is 1.95. The highest BCUT2D eigenvalue weighted by atomic mass is 32.2. The number of aliphatic hydroxyl groups excluding tert-OH is 1. The average Bonchev–Trinajstić information content (AvgIpc) is 3.32. The van der Waals surface area contributed by atoms with Gasteiger partial charge in [0, 0.05) is 25.2 Å². The molecular weight excluding hydrogens is 388 g/mol. The molecule has 1 N–H and O–H groups in total. The van der Waals surface area contributed by atoms with Gasteiger partial charge in [-0.2, -0.15) is 0 Å². The van der Waals surface area contributed by atoms with E-state index in [9.17, 15) is 14.7 Å². The predicted molar refractivity (Wildman–Crippen MR) is 117 cm³/mol. The van der Waals surface area contributed by atoms with Crippen LogP contribution in [0, 0.1) is 6.92 Å². The van der Waals surface area contributed by atoms with E-state index in [1.165, 1.54) is 18.5 Å². The molecule has 1 saturated heterocycles. The summed E-state index contributed by atoms with van der Waals surface area (Å²) in [6, 6.07) is 6.23. The molecule has 0 aliphatic carbocycles. The Morgan fingerprint density at radius 3 is 2.62 bits per heavy atom. The van der Waals surface area contributed by atoms with Crippen molar-refractivity contribution in [2.75, 3.05) is 24.6 Å². The molecule has 0 radical (unpaired) electrons. The Morgan fingerprint density at radius 2 is 2.00 bits per heavy atom. The van der Waals surface area contributed by atoms with Crippen LogP contribution in [0.4, 0.5) is 5.69 Å². The fourth-order valence-electron chi connectivity index (χ4n) is 3.32. The molecular formula is C22H26N2O4S. The van der Waals surface area contributed by atoms with Crippen molar-refractivity contribution >= 4 is 40.4 Å². The van der Waals surface area contributed by atoms with E-state index in [0.29, 0.717) is 4.91 Å². The zero-order valence-electron chi connectivity index (χ0n) is 17.0. The first-order chi connectivity index (χ1) is 13.9. The number of thioether (sulfide) groups is 1. The lowest BCUT2D eigenvalue weighted by molar-refractivity contribution is -0.138. The molecule has 7 heteroatoms. The summed E-state index contributed by atoms with van der Waals surface area (Å²) in [5.74, 6) is -1.22. The Hall–Kier alpha value is -2.54. The van der Waals surface area contributed by atoms with Gasteiger partial charge >= 0.3 is 5.97 Å². The fraction of sp³-hybridized carbons (Fsp3) is 0.409. The molecule has 2 heterocycles. The first-order valence-electron chi connectivity index (χ1n) is 9.92. The number of hydrogen-bond donors (Lipinski definition) is 1. The summed E-state index contributed by atoms with van der Waals surface area (Å²) in [4.78, 5) is 30.9. The Labute approximate surface area is 175 Å². The van der Waals surface area contributed by atoms with Crippen LogP contribution in [-0.4, -0.2) is 41.7 Å². The first kappa shape index (κ1) is 21.2. The lowest BCUT2D eigenvalue weighted by Crippen LogP contribution is -2.17. The molecule has 1 fully saturated rings. The van der Waals surface area contributed by atoms with Gasteiger partial charge in [0.2, 0.25) is 5.91 Å². The number of esters is 1. The molecule has 6 nitrogen and oxygen atoms in total. The number of amides is 1. The molecule has 3 rings (SSSR count). The SMILES string of the molecule is CCOC(=O)C1=C(O)/C(=C/c2ccc(N3CCCC3)cc2C)SC1=NC(=O)CC. The van der Waals surface area contributed by atoms with Crippen LogP contribution < -0.4 is 4.90 Å². The molecule has 0 unspecified atom stereocenters. The lowest BCUT2D eigenvalue weighted by Gasteiger charge is -2.18. The van der Waals surface area contributed by atoms with Gasteiger partial charge in [-0.05, 0) is 56.0 Å². The van der Waals surface area contributed by atoms with E-state index in [1.54, 1.807) is 13.8 Å². The van der Waals surface area contributed by atoms with Crippen molar-refractivity contribution in [3.05, 3.63) is 45.6 Å². The number of benzene rings is 1. The zero-order valence-corrected chi connectivity index (χ0v) is 17.8. The van der Waals surface area contributed by atoms with E-state index in [1.807, 2.05) is 19.1 Å². The number of carbonyl (C=O) groups excluding carboxylic acids is 2. The molecule has 1 aromatic carbocycles. The topological polar surface area (TPSA) is 79.2 Å². The van der Waals surface area contributed by atoms with Crippen LogP contribution in [0.5, 0.6) is 0 Å². The monoisotopic (exact) mass is 414 g/mol. The summed E-state index contributed by atoms with van der Waals surface area (Å²) in [6.45, 7) is 7.73. The summed E-state index contributed by atoms with van der Waals surface area (Å²) in [6.07, 6.45) is 4.48. The fourth-order valence-corrected chi connectivity index (χ4v) is 4.34. The van der Waals surface area contributed by atoms with Crippen LogP contribution in [0.3, 0.4) is 0 Å². The van der Waals surface area contributed by atoms with Crippen molar-refractivity contribution in [1.82, 2.24) is 0 Å². The molecule has 0 atom stereocenters. The minimum Gasteiger partial charge on any atom is -0.506 e. The van der Waals surface area contributed by atoms with E-state index in [4.69, 9.17) is 4.74 Å². The van der Waals surface area contributed by atoms with Crippen molar-refractivity contribution in [3.63, 3.8) is 0 Å². The number of rotatable bonds is 5. The lowest BCUT2D eigenvalue weighted by atomic mass is 10.1. The Kier molecular flexibility index (Phi) is 6.79. The second kappa shape index (κ2) is 9.31. The summed E-state index contributed by atoms with van der Waals surface area (Å²) >= 11 is 1.11. The van der Waals surface area contributed by atoms with E-state index in [-0.39, 0.29) is 35.3 Å². The van der Waals surface area contributed by atoms with Gasteiger partial charge in [0.1, 0.15) is 16.4 Å².